The summed E-state index contributed by atoms with van der Waals surface area (Å²) in [5.41, 5.74) is 1.60. The Morgan fingerprint density at radius 3 is 2.42 bits per heavy atom. The SMILES string of the molecule is O=C1NC(=O)N(c2cccc(Cl)c2)C(=O)/C1=C\c1ccccc1OCc1ccccc1. The molecule has 0 bridgehead atoms. The van der Waals surface area contributed by atoms with Crippen LogP contribution in [0.25, 0.3) is 6.08 Å². The Morgan fingerprint density at radius 2 is 1.65 bits per heavy atom. The summed E-state index contributed by atoms with van der Waals surface area (Å²) >= 11 is 5.99. The van der Waals surface area contributed by atoms with Crippen LogP contribution in [0.1, 0.15) is 11.1 Å². The van der Waals surface area contributed by atoms with Crippen LogP contribution in [-0.4, -0.2) is 17.8 Å². The Labute approximate surface area is 183 Å². The maximum atomic E-state index is 13.0. The first-order valence-corrected chi connectivity index (χ1v) is 9.83. The van der Waals surface area contributed by atoms with Gasteiger partial charge in [0.2, 0.25) is 0 Å². The van der Waals surface area contributed by atoms with Crippen molar-refractivity contribution < 1.29 is 19.1 Å². The predicted octanol–water partition coefficient (Wildman–Crippen LogP) is 4.59. The molecule has 0 aromatic heterocycles. The number of urea groups is 1. The van der Waals surface area contributed by atoms with Crippen LogP contribution in [0.4, 0.5) is 10.5 Å². The van der Waals surface area contributed by atoms with Gasteiger partial charge < -0.3 is 4.74 Å². The summed E-state index contributed by atoms with van der Waals surface area (Å²) in [6, 6.07) is 22.1. The average molecular weight is 433 g/mol. The van der Waals surface area contributed by atoms with Crippen LogP contribution in [0, 0.1) is 0 Å². The molecule has 6 nitrogen and oxygen atoms in total. The average Bonchev–Trinajstić information content (AvgIpc) is 2.76. The van der Waals surface area contributed by atoms with Crippen LogP contribution in [0.3, 0.4) is 0 Å². The van der Waals surface area contributed by atoms with Crippen molar-refractivity contribution in [3.63, 3.8) is 0 Å². The van der Waals surface area contributed by atoms with Crippen LogP contribution < -0.4 is 15.0 Å². The van der Waals surface area contributed by atoms with Gasteiger partial charge in [-0.25, -0.2) is 9.69 Å². The van der Waals surface area contributed by atoms with E-state index >= 15 is 0 Å². The monoisotopic (exact) mass is 432 g/mol. The lowest BCUT2D eigenvalue weighted by Gasteiger charge is -2.26. The zero-order valence-corrected chi connectivity index (χ0v) is 17.0. The van der Waals surface area contributed by atoms with Gasteiger partial charge in [-0.3, -0.25) is 14.9 Å². The Bertz CT molecular complexity index is 1190. The number of halogens is 1. The molecule has 3 aromatic rings. The highest BCUT2D eigenvalue weighted by Gasteiger charge is 2.37. The number of rotatable bonds is 5. The van der Waals surface area contributed by atoms with Crippen LogP contribution in [0.5, 0.6) is 5.75 Å². The summed E-state index contributed by atoms with van der Waals surface area (Å²) in [5.74, 6) is -1.01. The summed E-state index contributed by atoms with van der Waals surface area (Å²) in [7, 11) is 0. The molecule has 1 aliphatic heterocycles. The van der Waals surface area contributed by atoms with Crippen molar-refractivity contribution in [1.82, 2.24) is 5.32 Å². The van der Waals surface area contributed by atoms with E-state index in [4.69, 9.17) is 16.3 Å². The highest BCUT2D eigenvalue weighted by molar-refractivity contribution is 6.39. The third-order valence-electron chi connectivity index (χ3n) is 4.62. The van der Waals surface area contributed by atoms with Gasteiger partial charge in [-0.1, -0.05) is 66.2 Å². The Balaban J connectivity index is 1.65. The van der Waals surface area contributed by atoms with Gasteiger partial charge in [-0.2, -0.15) is 0 Å². The molecular formula is C24H17ClN2O4. The van der Waals surface area contributed by atoms with Gasteiger partial charge in [0.15, 0.2) is 0 Å². The second kappa shape index (κ2) is 8.85. The minimum absolute atomic E-state index is 0.185. The predicted molar refractivity (Wildman–Crippen MR) is 118 cm³/mol. The van der Waals surface area contributed by atoms with E-state index in [0.717, 1.165) is 10.5 Å². The standard InChI is InChI=1S/C24H17ClN2O4/c25-18-10-6-11-19(14-18)27-23(29)20(22(28)26-24(27)30)13-17-9-4-5-12-21(17)31-15-16-7-2-1-3-8-16/h1-14H,15H2,(H,26,28,30)/b20-13-. The van der Waals surface area contributed by atoms with E-state index < -0.39 is 17.8 Å². The van der Waals surface area contributed by atoms with E-state index in [1.165, 1.54) is 12.1 Å². The van der Waals surface area contributed by atoms with Crippen molar-refractivity contribution in [1.29, 1.82) is 0 Å². The fraction of sp³-hybridized carbons (Fsp3) is 0.0417. The van der Waals surface area contributed by atoms with Gasteiger partial charge in [-0.15, -0.1) is 0 Å². The fourth-order valence-electron chi connectivity index (χ4n) is 3.13. The van der Waals surface area contributed by atoms with Crippen LogP contribution in [0.15, 0.2) is 84.4 Å². The molecule has 0 atom stereocenters. The summed E-state index contributed by atoms with van der Waals surface area (Å²) in [5, 5.41) is 2.56. The quantitative estimate of drug-likeness (QED) is 0.472. The molecule has 4 rings (SSSR count). The number of nitrogens with one attached hydrogen (secondary N) is 1. The number of hydrogen-bond donors (Lipinski definition) is 1. The second-order valence-corrected chi connectivity index (χ2v) is 7.19. The lowest BCUT2D eigenvalue weighted by molar-refractivity contribution is -0.122. The van der Waals surface area contributed by atoms with Crippen LogP contribution in [0.2, 0.25) is 5.02 Å². The third kappa shape index (κ3) is 4.49. The molecule has 0 aliphatic carbocycles. The van der Waals surface area contributed by atoms with Gasteiger partial charge in [0.25, 0.3) is 11.8 Å². The molecule has 0 spiro atoms. The molecule has 7 heteroatoms. The number of para-hydroxylation sites is 1. The number of barbiturate groups is 1. The maximum absolute atomic E-state index is 13.0. The summed E-state index contributed by atoms with van der Waals surface area (Å²) in [4.78, 5) is 38.7. The Morgan fingerprint density at radius 1 is 0.903 bits per heavy atom. The van der Waals surface area contributed by atoms with Crippen molar-refractivity contribution in [2.75, 3.05) is 4.90 Å². The van der Waals surface area contributed by atoms with E-state index in [1.54, 1.807) is 42.5 Å². The van der Waals surface area contributed by atoms with Gasteiger partial charge in [0.05, 0.1) is 5.69 Å². The van der Waals surface area contributed by atoms with E-state index in [2.05, 4.69) is 5.32 Å². The smallest absolute Gasteiger partial charge is 0.335 e. The van der Waals surface area contributed by atoms with Crippen LogP contribution in [-0.2, 0) is 16.2 Å². The largest absolute Gasteiger partial charge is 0.488 e. The van der Waals surface area contributed by atoms with Crippen molar-refractivity contribution in [3.05, 3.63) is 101 Å². The molecule has 1 heterocycles. The zero-order chi connectivity index (χ0) is 21.8. The second-order valence-electron chi connectivity index (χ2n) is 6.75. The maximum Gasteiger partial charge on any atom is 0.335 e. The number of carbonyl (C=O) groups excluding carboxylic acids is 3. The van der Waals surface area contributed by atoms with E-state index in [1.807, 2.05) is 30.3 Å². The minimum Gasteiger partial charge on any atom is -0.488 e. The number of ether oxygens (including phenoxy) is 1. The van der Waals surface area contributed by atoms with Gasteiger partial charge in [0.1, 0.15) is 17.9 Å². The normalized spacial score (nSPS) is 15.2. The number of benzene rings is 3. The molecule has 4 amide bonds. The summed E-state index contributed by atoms with van der Waals surface area (Å²) in [6.45, 7) is 0.328. The number of amides is 4. The molecule has 0 radical (unpaired) electrons. The number of hydrogen-bond acceptors (Lipinski definition) is 4. The summed E-state index contributed by atoms with van der Waals surface area (Å²) < 4.78 is 5.90. The molecule has 1 aliphatic rings. The molecule has 0 saturated carbocycles. The van der Waals surface area contributed by atoms with Crippen molar-refractivity contribution in [2.45, 2.75) is 6.61 Å². The summed E-state index contributed by atoms with van der Waals surface area (Å²) in [6.07, 6.45) is 1.42. The first-order chi connectivity index (χ1) is 15.0. The highest BCUT2D eigenvalue weighted by Crippen LogP contribution is 2.27. The fourth-order valence-corrected chi connectivity index (χ4v) is 3.31. The lowest BCUT2D eigenvalue weighted by Crippen LogP contribution is -2.54. The zero-order valence-electron chi connectivity index (χ0n) is 16.2. The molecule has 0 unspecified atom stereocenters. The lowest BCUT2D eigenvalue weighted by atomic mass is 10.1. The molecular weight excluding hydrogens is 416 g/mol. The van der Waals surface area contributed by atoms with Gasteiger partial charge >= 0.3 is 6.03 Å². The van der Waals surface area contributed by atoms with E-state index in [9.17, 15) is 14.4 Å². The highest BCUT2D eigenvalue weighted by atomic mass is 35.5. The molecule has 154 valence electrons. The molecule has 31 heavy (non-hydrogen) atoms. The topological polar surface area (TPSA) is 75.7 Å². The minimum atomic E-state index is -0.831. The van der Waals surface area contributed by atoms with Crippen molar-refractivity contribution >= 4 is 41.2 Å². The molecule has 3 aromatic carbocycles. The molecule has 1 fully saturated rings. The Hall–Kier alpha value is -3.90. The van der Waals surface area contributed by atoms with Crippen molar-refractivity contribution in [3.8, 4) is 5.75 Å². The molecule has 1 saturated heterocycles. The first-order valence-electron chi connectivity index (χ1n) is 9.46. The number of imide groups is 2. The third-order valence-corrected chi connectivity index (χ3v) is 4.86. The van der Waals surface area contributed by atoms with E-state index in [0.29, 0.717) is 22.9 Å². The molecule has 1 N–H and O–H groups in total. The van der Waals surface area contributed by atoms with E-state index in [-0.39, 0.29) is 11.3 Å². The Kier molecular flexibility index (Phi) is 5.82. The first kappa shape index (κ1) is 20.4. The van der Waals surface area contributed by atoms with Gasteiger partial charge in [-0.05, 0) is 35.9 Å². The van der Waals surface area contributed by atoms with Crippen molar-refractivity contribution in [2.24, 2.45) is 0 Å². The number of nitrogens with zero attached hydrogens (tertiary/aromatic N) is 1. The van der Waals surface area contributed by atoms with Gasteiger partial charge in [0, 0.05) is 10.6 Å². The number of anilines is 1. The van der Waals surface area contributed by atoms with Crippen LogP contribution >= 0.6 is 11.6 Å². The number of carbonyl (C=O) groups is 3.